The molecule has 0 spiro atoms. The van der Waals surface area contributed by atoms with E-state index in [4.69, 9.17) is 4.74 Å². The molecule has 0 saturated carbocycles. The Bertz CT molecular complexity index is 461. The van der Waals surface area contributed by atoms with Crippen molar-refractivity contribution < 1.29 is 14.6 Å². The van der Waals surface area contributed by atoms with Gasteiger partial charge < -0.3 is 19.6 Å². The van der Waals surface area contributed by atoms with Crippen LogP contribution in [0.25, 0.3) is 0 Å². The number of hydrogen-bond acceptors (Lipinski definition) is 6. The van der Waals surface area contributed by atoms with Crippen LogP contribution in [0.4, 0.5) is 10.6 Å². The maximum Gasteiger partial charge on any atom is 0.409 e. The second-order valence-corrected chi connectivity index (χ2v) is 4.97. The Morgan fingerprint density at radius 1 is 1.38 bits per heavy atom. The number of rotatable bonds is 5. The molecule has 1 amide bonds. The molecule has 1 N–H and O–H groups in total. The van der Waals surface area contributed by atoms with Crippen LogP contribution in [-0.2, 0) is 11.3 Å². The number of amides is 1. The number of aliphatic hydroxyl groups is 1. The van der Waals surface area contributed by atoms with Crippen LogP contribution in [0, 0.1) is 0 Å². The Labute approximate surface area is 124 Å². The molecule has 2 heterocycles. The van der Waals surface area contributed by atoms with E-state index in [1.54, 1.807) is 11.1 Å². The molecule has 0 radical (unpaired) electrons. The third-order valence-corrected chi connectivity index (χ3v) is 3.50. The molecule has 0 atom stereocenters. The summed E-state index contributed by atoms with van der Waals surface area (Å²) in [6, 6.07) is 0. The molecule has 7 nitrogen and oxygen atoms in total. The molecule has 1 saturated heterocycles. The van der Waals surface area contributed by atoms with Crippen molar-refractivity contribution in [1.82, 2.24) is 14.9 Å². The summed E-state index contributed by atoms with van der Waals surface area (Å²) in [4.78, 5) is 23.8. The molecule has 1 aromatic heterocycles. The van der Waals surface area contributed by atoms with Crippen LogP contribution in [0.1, 0.15) is 25.3 Å². The maximum absolute atomic E-state index is 11.9. The van der Waals surface area contributed by atoms with Crippen LogP contribution in [0.15, 0.2) is 12.5 Å². The predicted molar refractivity (Wildman–Crippen MR) is 78.0 cm³/mol. The largest absolute Gasteiger partial charge is 0.449 e. The van der Waals surface area contributed by atoms with E-state index in [9.17, 15) is 9.90 Å². The fourth-order valence-corrected chi connectivity index (χ4v) is 2.24. The van der Waals surface area contributed by atoms with Crippen LogP contribution in [-0.4, -0.2) is 58.9 Å². The van der Waals surface area contributed by atoms with Gasteiger partial charge >= 0.3 is 6.09 Å². The Kier molecular flexibility index (Phi) is 5.74. The zero-order valence-corrected chi connectivity index (χ0v) is 12.4. The van der Waals surface area contributed by atoms with E-state index in [-0.39, 0.29) is 12.7 Å². The second kappa shape index (κ2) is 7.78. The van der Waals surface area contributed by atoms with E-state index in [0.717, 1.165) is 18.7 Å². The third kappa shape index (κ3) is 4.04. The number of aliphatic hydroxyl groups excluding tert-OH is 1. The van der Waals surface area contributed by atoms with E-state index < -0.39 is 0 Å². The second-order valence-electron chi connectivity index (χ2n) is 4.97. The lowest BCUT2D eigenvalue weighted by Crippen LogP contribution is -2.49. The van der Waals surface area contributed by atoms with Crippen LogP contribution in [0.2, 0.25) is 0 Å². The van der Waals surface area contributed by atoms with Gasteiger partial charge in [-0.1, -0.05) is 13.3 Å². The first-order valence-electron chi connectivity index (χ1n) is 7.32. The van der Waals surface area contributed by atoms with Gasteiger partial charge in [0.05, 0.1) is 13.2 Å². The van der Waals surface area contributed by atoms with E-state index in [2.05, 4.69) is 21.8 Å². The van der Waals surface area contributed by atoms with E-state index in [0.29, 0.717) is 38.3 Å². The molecule has 116 valence electrons. The fourth-order valence-electron chi connectivity index (χ4n) is 2.24. The molecule has 0 aliphatic carbocycles. The minimum absolute atomic E-state index is 0.0879. The van der Waals surface area contributed by atoms with Crippen LogP contribution in [0.5, 0.6) is 0 Å². The van der Waals surface area contributed by atoms with Gasteiger partial charge in [-0.05, 0) is 6.42 Å². The molecular formula is C14H22N4O3. The van der Waals surface area contributed by atoms with Crippen LogP contribution < -0.4 is 4.90 Å². The van der Waals surface area contributed by atoms with Crippen molar-refractivity contribution >= 4 is 11.9 Å². The summed E-state index contributed by atoms with van der Waals surface area (Å²) in [6.45, 7) is 5.00. The normalized spacial score (nSPS) is 15.1. The highest BCUT2D eigenvalue weighted by Crippen LogP contribution is 2.18. The number of anilines is 1. The number of carbonyl (C=O) groups is 1. The highest BCUT2D eigenvalue weighted by molar-refractivity contribution is 5.68. The van der Waals surface area contributed by atoms with Gasteiger partial charge in [-0.2, -0.15) is 0 Å². The number of hydrogen-bond donors (Lipinski definition) is 1. The highest BCUT2D eigenvalue weighted by atomic mass is 16.6. The minimum atomic E-state index is -0.242. The van der Waals surface area contributed by atoms with Gasteiger partial charge in [0.2, 0.25) is 0 Å². The van der Waals surface area contributed by atoms with Crippen molar-refractivity contribution in [2.75, 3.05) is 37.7 Å². The van der Waals surface area contributed by atoms with Crippen LogP contribution >= 0.6 is 0 Å². The summed E-state index contributed by atoms with van der Waals surface area (Å²) >= 11 is 0. The molecule has 0 unspecified atom stereocenters. The van der Waals surface area contributed by atoms with Gasteiger partial charge in [0.25, 0.3) is 0 Å². The molecule has 0 bridgehead atoms. The number of aromatic nitrogens is 2. The molecule has 0 aromatic carbocycles. The van der Waals surface area contributed by atoms with Crippen molar-refractivity contribution in [3.05, 3.63) is 18.1 Å². The standard InChI is InChI=1S/C14H22N4O3/c1-2-3-8-21-14(20)18-6-4-17(5-7-18)13-12(10-19)9-15-11-16-13/h9,11,19H,2-8,10H2,1H3. The number of piperazine rings is 1. The van der Waals surface area contributed by atoms with Crippen molar-refractivity contribution in [2.24, 2.45) is 0 Å². The number of nitrogens with zero attached hydrogens (tertiary/aromatic N) is 4. The molecule has 1 aliphatic rings. The molecule has 2 rings (SSSR count). The van der Waals surface area contributed by atoms with Crippen molar-refractivity contribution in [3.63, 3.8) is 0 Å². The van der Waals surface area contributed by atoms with Gasteiger partial charge in [0.1, 0.15) is 12.1 Å². The maximum atomic E-state index is 11.9. The number of carbonyl (C=O) groups excluding carboxylic acids is 1. The highest BCUT2D eigenvalue weighted by Gasteiger charge is 2.24. The topological polar surface area (TPSA) is 78.8 Å². The zero-order chi connectivity index (χ0) is 15.1. The lowest BCUT2D eigenvalue weighted by atomic mass is 10.2. The van der Waals surface area contributed by atoms with Crippen molar-refractivity contribution in [1.29, 1.82) is 0 Å². The van der Waals surface area contributed by atoms with Crippen molar-refractivity contribution in [3.8, 4) is 0 Å². The van der Waals surface area contributed by atoms with Gasteiger partial charge in [0.15, 0.2) is 0 Å². The SMILES string of the molecule is CCCCOC(=O)N1CCN(c2ncncc2CO)CC1. The Morgan fingerprint density at radius 2 is 2.14 bits per heavy atom. The third-order valence-electron chi connectivity index (χ3n) is 3.50. The van der Waals surface area contributed by atoms with E-state index in [1.807, 2.05) is 0 Å². The monoisotopic (exact) mass is 294 g/mol. The van der Waals surface area contributed by atoms with E-state index >= 15 is 0 Å². The summed E-state index contributed by atoms with van der Waals surface area (Å²) in [7, 11) is 0. The summed E-state index contributed by atoms with van der Waals surface area (Å²) in [5.41, 5.74) is 0.705. The quantitative estimate of drug-likeness (QED) is 0.817. The van der Waals surface area contributed by atoms with Gasteiger partial charge in [-0.15, -0.1) is 0 Å². The summed E-state index contributed by atoms with van der Waals surface area (Å²) in [5, 5.41) is 9.32. The number of unbranched alkanes of at least 4 members (excludes halogenated alkanes) is 1. The molecule has 7 heteroatoms. The smallest absolute Gasteiger partial charge is 0.409 e. The Morgan fingerprint density at radius 3 is 2.81 bits per heavy atom. The minimum Gasteiger partial charge on any atom is -0.449 e. The van der Waals surface area contributed by atoms with Gasteiger partial charge in [0, 0.05) is 37.9 Å². The average molecular weight is 294 g/mol. The molecule has 1 fully saturated rings. The summed E-state index contributed by atoms with van der Waals surface area (Å²) in [5.74, 6) is 0.742. The lowest BCUT2D eigenvalue weighted by molar-refractivity contribution is 0.0988. The van der Waals surface area contributed by atoms with E-state index in [1.165, 1.54) is 6.33 Å². The first-order chi connectivity index (χ1) is 10.3. The lowest BCUT2D eigenvalue weighted by Gasteiger charge is -2.35. The molecular weight excluding hydrogens is 272 g/mol. The Hall–Kier alpha value is -1.89. The summed E-state index contributed by atoms with van der Waals surface area (Å²) < 4.78 is 5.21. The molecule has 21 heavy (non-hydrogen) atoms. The zero-order valence-electron chi connectivity index (χ0n) is 12.4. The molecule has 1 aromatic rings. The Balaban J connectivity index is 1.87. The first kappa shape index (κ1) is 15.5. The van der Waals surface area contributed by atoms with Gasteiger partial charge in [-0.25, -0.2) is 14.8 Å². The fraction of sp³-hybridized carbons (Fsp3) is 0.643. The summed E-state index contributed by atoms with van der Waals surface area (Å²) in [6.07, 6.45) is 4.76. The first-order valence-corrected chi connectivity index (χ1v) is 7.32. The van der Waals surface area contributed by atoms with Gasteiger partial charge in [-0.3, -0.25) is 0 Å². The molecule has 1 aliphatic heterocycles. The average Bonchev–Trinajstić information content (AvgIpc) is 2.55. The van der Waals surface area contributed by atoms with Crippen molar-refractivity contribution in [2.45, 2.75) is 26.4 Å². The predicted octanol–water partition coefficient (Wildman–Crippen LogP) is 1.03. The van der Waals surface area contributed by atoms with Crippen LogP contribution in [0.3, 0.4) is 0 Å². The number of ether oxygens (including phenoxy) is 1.